The van der Waals surface area contributed by atoms with Gasteiger partial charge in [0.25, 0.3) is 0 Å². The van der Waals surface area contributed by atoms with Gasteiger partial charge in [-0.25, -0.2) is 8.42 Å². The number of anilines is 1. The van der Waals surface area contributed by atoms with Crippen LogP contribution in [0.2, 0.25) is 0 Å². The molecule has 0 radical (unpaired) electrons. The molecular weight excluding hydrogens is 304 g/mol. The molecule has 2 atom stereocenters. The number of hydrogen-bond donors (Lipinski definition) is 1. The topological polar surface area (TPSA) is 61.2 Å². The van der Waals surface area contributed by atoms with Crippen molar-refractivity contribution in [3.63, 3.8) is 0 Å². The number of hydrogen-bond acceptors (Lipinski definition) is 4. The maximum absolute atomic E-state index is 11.9. The first kappa shape index (κ1) is 14.9. The van der Waals surface area contributed by atoms with Crippen molar-refractivity contribution in [2.45, 2.75) is 38.0 Å². The molecule has 2 aliphatic rings. The summed E-state index contributed by atoms with van der Waals surface area (Å²) in [5.41, 5.74) is 3.47. The highest BCUT2D eigenvalue weighted by atomic mass is 32.2. The maximum Gasteiger partial charge on any atom is 0.161 e. The lowest BCUT2D eigenvalue weighted by Gasteiger charge is -2.28. The van der Waals surface area contributed by atoms with Gasteiger partial charge in [0.1, 0.15) is 0 Å². The van der Waals surface area contributed by atoms with Crippen molar-refractivity contribution in [3.05, 3.63) is 29.3 Å². The second-order valence-corrected chi connectivity index (χ2v) is 8.99. The Morgan fingerprint density at radius 2 is 1.86 bits per heavy atom. The molecule has 2 aliphatic heterocycles. The Balaban J connectivity index is 2.09. The molecule has 6 heteroatoms. The van der Waals surface area contributed by atoms with Gasteiger partial charge in [0.2, 0.25) is 0 Å². The number of amidine groups is 1. The molecule has 1 aromatic carbocycles. The van der Waals surface area contributed by atoms with Crippen LogP contribution in [-0.4, -0.2) is 36.4 Å². The van der Waals surface area contributed by atoms with Crippen molar-refractivity contribution in [1.29, 1.82) is 5.41 Å². The Bertz CT molecular complexity index is 663. The molecule has 21 heavy (non-hydrogen) atoms. The zero-order valence-electron chi connectivity index (χ0n) is 12.3. The average Bonchev–Trinajstić information content (AvgIpc) is 2.88. The Morgan fingerprint density at radius 1 is 1.24 bits per heavy atom. The summed E-state index contributed by atoms with van der Waals surface area (Å²) in [4.78, 5) is 1.98. The van der Waals surface area contributed by atoms with Gasteiger partial charge >= 0.3 is 0 Å². The van der Waals surface area contributed by atoms with E-state index in [4.69, 9.17) is 5.41 Å². The highest BCUT2D eigenvalue weighted by molar-refractivity contribution is 8.15. The SMILES string of the molecule is CCc1cccc(CC)c1N1C(=N)S[C@@H]2CS(=O)(=O)C[C@@H]21. The molecule has 1 aromatic rings. The van der Waals surface area contributed by atoms with Crippen LogP contribution in [0.15, 0.2) is 18.2 Å². The van der Waals surface area contributed by atoms with Crippen LogP contribution in [0.1, 0.15) is 25.0 Å². The zero-order valence-corrected chi connectivity index (χ0v) is 13.9. The van der Waals surface area contributed by atoms with Gasteiger partial charge in [-0.3, -0.25) is 5.41 Å². The predicted octanol–water partition coefficient (Wildman–Crippen LogP) is 2.46. The first-order chi connectivity index (χ1) is 9.96. The number of rotatable bonds is 3. The summed E-state index contributed by atoms with van der Waals surface area (Å²) in [6, 6.07) is 6.15. The predicted molar refractivity (Wildman–Crippen MR) is 89.2 cm³/mol. The molecule has 0 aromatic heterocycles. The standard InChI is InChI=1S/C15H20N2O2S2/c1-3-10-6-5-7-11(4-2)14(10)17-12-8-21(18,19)9-13(12)20-15(17)16/h5-7,12-13,16H,3-4,8-9H2,1-2H3/t12-,13+/m0/s1. The van der Waals surface area contributed by atoms with E-state index in [9.17, 15) is 8.42 Å². The largest absolute Gasteiger partial charge is 0.316 e. The average molecular weight is 324 g/mol. The van der Waals surface area contributed by atoms with Gasteiger partial charge in [-0.05, 0) is 24.0 Å². The lowest BCUT2D eigenvalue weighted by molar-refractivity contribution is 0.601. The monoisotopic (exact) mass is 324 g/mol. The second-order valence-electron chi connectivity index (χ2n) is 5.61. The second kappa shape index (κ2) is 5.32. The highest BCUT2D eigenvalue weighted by Crippen LogP contribution is 2.42. The molecule has 0 unspecified atom stereocenters. The van der Waals surface area contributed by atoms with E-state index in [0.717, 1.165) is 18.5 Å². The van der Waals surface area contributed by atoms with Crippen LogP contribution in [0.5, 0.6) is 0 Å². The minimum absolute atomic E-state index is 0.0112. The highest BCUT2D eigenvalue weighted by Gasteiger charge is 2.49. The number of sulfone groups is 1. The number of thioether (sulfide) groups is 1. The summed E-state index contributed by atoms with van der Waals surface area (Å²) >= 11 is 1.41. The Hall–Kier alpha value is -1.01. The smallest absolute Gasteiger partial charge is 0.161 e. The first-order valence-electron chi connectivity index (χ1n) is 7.32. The van der Waals surface area contributed by atoms with Gasteiger partial charge in [0, 0.05) is 10.9 Å². The van der Waals surface area contributed by atoms with Crippen molar-refractivity contribution in [1.82, 2.24) is 0 Å². The van der Waals surface area contributed by atoms with E-state index in [2.05, 4.69) is 32.0 Å². The minimum atomic E-state index is -2.97. The zero-order chi connectivity index (χ0) is 15.2. The number of benzene rings is 1. The third-order valence-electron chi connectivity index (χ3n) is 4.29. The molecule has 2 heterocycles. The van der Waals surface area contributed by atoms with Gasteiger partial charge in [-0.15, -0.1) is 0 Å². The molecule has 114 valence electrons. The molecule has 2 saturated heterocycles. The van der Waals surface area contributed by atoms with Gasteiger partial charge < -0.3 is 4.90 Å². The summed E-state index contributed by atoms with van der Waals surface area (Å²) < 4.78 is 23.9. The van der Waals surface area contributed by atoms with Gasteiger partial charge in [-0.2, -0.15) is 0 Å². The molecular formula is C15H20N2O2S2. The number of nitrogens with one attached hydrogen (secondary N) is 1. The van der Waals surface area contributed by atoms with Crippen LogP contribution in [-0.2, 0) is 22.7 Å². The van der Waals surface area contributed by atoms with Crippen LogP contribution < -0.4 is 4.90 Å². The summed E-state index contributed by atoms with van der Waals surface area (Å²) in [5, 5.41) is 8.82. The van der Waals surface area contributed by atoms with E-state index in [0.29, 0.717) is 5.17 Å². The molecule has 1 N–H and O–H groups in total. The fourth-order valence-electron chi connectivity index (χ4n) is 3.29. The van der Waals surface area contributed by atoms with Crippen molar-refractivity contribution < 1.29 is 8.42 Å². The number of nitrogens with zero attached hydrogens (tertiary/aromatic N) is 1. The molecule has 0 spiro atoms. The van der Waals surface area contributed by atoms with Gasteiger partial charge in [0.15, 0.2) is 15.0 Å². The van der Waals surface area contributed by atoms with Crippen LogP contribution in [0.3, 0.4) is 0 Å². The molecule has 0 aliphatic carbocycles. The van der Waals surface area contributed by atoms with Crippen molar-refractivity contribution in [2.75, 3.05) is 16.4 Å². The van der Waals surface area contributed by atoms with E-state index in [1.807, 2.05) is 4.90 Å². The van der Waals surface area contributed by atoms with Gasteiger partial charge in [0.05, 0.1) is 17.5 Å². The Morgan fingerprint density at radius 3 is 2.43 bits per heavy atom. The van der Waals surface area contributed by atoms with Crippen molar-refractivity contribution in [3.8, 4) is 0 Å². The third kappa shape index (κ3) is 2.48. The lowest BCUT2D eigenvalue weighted by atomic mass is 10.0. The lowest BCUT2D eigenvalue weighted by Crippen LogP contribution is -2.38. The van der Waals surface area contributed by atoms with E-state index in [-0.39, 0.29) is 22.8 Å². The minimum Gasteiger partial charge on any atom is -0.316 e. The summed E-state index contributed by atoms with van der Waals surface area (Å²) in [6.45, 7) is 4.21. The summed E-state index contributed by atoms with van der Waals surface area (Å²) in [5.74, 6) is 0.380. The molecule has 3 rings (SSSR count). The molecule has 0 saturated carbocycles. The van der Waals surface area contributed by atoms with Crippen molar-refractivity contribution >= 4 is 32.5 Å². The fraction of sp³-hybridized carbons (Fsp3) is 0.533. The molecule has 0 amide bonds. The van der Waals surface area contributed by atoms with E-state index >= 15 is 0 Å². The summed E-state index contributed by atoms with van der Waals surface area (Å²) in [7, 11) is -2.97. The quantitative estimate of drug-likeness (QED) is 0.928. The van der Waals surface area contributed by atoms with Crippen LogP contribution >= 0.6 is 11.8 Å². The molecule has 4 nitrogen and oxygen atoms in total. The maximum atomic E-state index is 11.9. The first-order valence-corrected chi connectivity index (χ1v) is 10.0. The van der Waals surface area contributed by atoms with E-state index in [1.54, 1.807) is 0 Å². The van der Waals surface area contributed by atoms with Crippen molar-refractivity contribution in [2.24, 2.45) is 0 Å². The van der Waals surface area contributed by atoms with Gasteiger partial charge in [-0.1, -0.05) is 43.8 Å². The van der Waals surface area contributed by atoms with E-state index in [1.165, 1.54) is 22.9 Å². The third-order valence-corrected chi connectivity index (χ3v) is 7.42. The van der Waals surface area contributed by atoms with Crippen LogP contribution in [0.25, 0.3) is 0 Å². The number of aryl methyl sites for hydroxylation is 2. The number of fused-ring (bicyclic) bond motifs is 1. The molecule has 2 fully saturated rings. The van der Waals surface area contributed by atoms with Crippen LogP contribution in [0, 0.1) is 5.41 Å². The number of para-hydroxylation sites is 1. The van der Waals surface area contributed by atoms with E-state index < -0.39 is 9.84 Å². The molecule has 0 bridgehead atoms. The summed E-state index contributed by atoms with van der Waals surface area (Å²) in [6.07, 6.45) is 1.78. The Labute approximate surface area is 130 Å². The Kier molecular flexibility index (Phi) is 3.78. The van der Waals surface area contributed by atoms with Crippen LogP contribution in [0.4, 0.5) is 5.69 Å². The fourth-order valence-corrected chi connectivity index (χ4v) is 7.07. The normalized spacial score (nSPS) is 27.1.